The van der Waals surface area contributed by atoms with Gasteiger partial charge < -0.3 is 9.64 Å². The molecule has 0 N–H and O–H groups in total. The number of nitrogens with zero attached hydrogens (tertiary/aromatic N) is 3. The number of methoxy groups -OCH3 is 1. The van der Waals surface area contributed by atoms with Gasteiger partial charge in [-0.1, -0.05) is 18.2 Å². The van der Waals surface area contributed by atoms with Crippen molar-refractivity contribution in [2.24, 2.45) is 0 Å². The zero-order valence-corrected chi connectivity index (χ0v) is 16.9. The fraction of sp³-hybridized carbons (Fsp3) is 0.368. The van der Waals surface area contributed by atoms with Crippen LogP contribution in [0.2, 0.25) is 0 Å². The van der Waals surface area contributed by atoms with Crippen molar-refractivity contribution in [3.63, 3.8) is 0 Å². The highest BCUT2D eigenvalue weighted by molar-refractivity contribution is 7.93. The number of anilines is 1. The molecule has 2 rings (SSSR count). The molecule has 7 nitrogen and oxygen atoms in total. The summed E-state index contributed by atoms with van der Waals surface area (Å²) in [5.74, 6) is 0.0926. The maximum absolute atomic E-state index is 13.3. The Hall–Kier alpha value is -2.61. The number of aromatic nitrogens is 1. The number of pyridine rings is 1. The lowest BCUT2D eigenvalue weighted by Crippen LogP contribution is -2.43. The molecule has 0 atom stereocenters. The molecule has 0 spiro atoms. The second-order valence-corrected chi connectivity index (χ2v) is 7.73. The van der Waals surface area contributed by atoms with E-state index in [-0.39, 0.29) is 17.3 Å². The van der Waals surface area contributed by atoms with Crippen LogP contribution in [0.3, 0.4) is 0 Å². The maximum Gasteiger partial charge on any atom is 0.265 e. The fourth-order valence-electron chi connectivity index (χ4n) is 2.72. The molecule has 2 aromatic rings. The van der Waals surface area contributed by atoms with Gasteiger partial charge in [0.2, 0.25) is 11.8 Å². The van der Waals surface area contributed by atoms with Gasteiger partial charge in [0.05, 0.1) is 23.9 Å². The number of sulfonamides is 1. The summed E-state index contributed by atoms with van der Waals surface area (Å²) in [6.45, 7) is 6.16. The first-order chi connectivity index (χ1) is 12.8. The van der Waals surface area contributed by atoms with E-state index in [4.69, 9.17) is 4.74 Å². The minimum Gasteiger partial charge on any atom is -0.481 e. The van der Waals surface area contributed by atoms with Crippen LogP contribution >= 0.6 is 0 Å². The average Bonchev–Trinajstić information content (AvgIpc) is 2.67. The number of ether oxygens (including phenoxy) is 1. The van der Waals surface area contributed by atoms with Gasteiger partial charge in [-0.3, -0.25) is 9.10 Å². The summed E-state index contributed by atoms with van der Waals surface area (Å²) in [5, 5.41) is 0. The topological polar surface area (TPSA) is 79.8 Å². The van der Waals surface area contributed by atoms with Gasteiger partial charge in [0.25, 0.3) is 10.0 Å². The van der Waals surface area contributed by atoms with Crippen LogP contribution < -0.4 is 9.04 Å². The highest BCUT2D eigenvalue weighted by Crippen LogP contribution is 2.26. The van der Waals surface area contributed by atoms with Crippen molar-refractivity contribution in [3.8, 4) is 5.88 Å². The van der Waals surface area contributed by atoms with Crippen LogP contribution in [0, 0.1) is 6.92 Å². The van der Waals surface area contributed by atoms with Gasteiger partial charge in [-0.25, -0.2) is 13.4 Å². The third kappa shape index (κ3) is 4.57. The van der Waals surface area contributed by atoms with E-state index in [2.05, 4.69) is 4.98 Å². The average molecular weight is 391 g/mol. The molecule has 1 aromatic carbocycles. The largest absolute Gasteiger partial charge is 0.481 e. The van der Waals surface area contributed by atoms with Crippen LogP contribution in [-0.2, 0) is 14.8 Å². The van der Waals surface area contributed by atoms with Gasteiger partial charge in [0, 0.05) is 19.2 Å². The molecule has 0 aliphatic carbocycles. The molecular weight excluding hydrogens is 366 g/mol. The number of carbonyl (C=O) groups excluding carboxylic acids is 1. The summed E-state index contributed by atoms with van der Waals surface area (Å²) in [7, 11) is -2.46. The van der Waals surface area contributed by atoms with Gasteiger partial charge >= 0.3 is 0 Å². The van der Waals surface area contributed by atoms with E-state index in [1.54, 1.807) is 42.2 Å². The van der Waals surface area contributed by atoms with Crippen LogP contribution in [0.25, 0.3) is 0 Å². The van der Waals surface area contributed by atoms with Crippen LogP contribution in [-0.4, -0.2) is 51.0 Å². The fourth-order valence-corrected chi connectivity index (χ4v) is 4.35. The summed E-state index contributed by atoms with van der Waals surface area (Å²) < 4.78 is 32.8. The second kappa shape index (κ2) is 8.85. The molecule has 0 saturated carbocycles. The Kier molecular flexibility index (Phi) is 6.79. The summed E-state index contributed by atoms with van der Waals surface area (Å²) in [6, 6.07) is 9.85. The van der Waals surface area contributed by atoms with E-state index < -0.39 is 10.0 Å². The normalized spacial score (nSPS) is 11.1. The van der Waals surface area contributed by atoms with Crippen LogP contribution in [0.15, 0.2) is 47.5 Å². The maximum atomic E-state index is 13.3. The van der Waals surface area contributed by atoms with Crippen LogP contribution in [0.4, 0.5) is 5.69 Å². The molecule has 0 unspecified atom stereocenters. The SMILES string of the molecule is CCN(CC)C(=O)CN(c1ccc(OC)nc1)S(=O)(=O)c1ccccc1C. The molecule has 0 bridgehead atoms. The third-order valence-electron chi connectivity index (χ3n) is 4.27. The van der Waals surface area contributed by atoms with E-state index in [1.807, 2.05) is 13.8 Å². The molecule has 1 heterocycles. The molecule has 146 valence electrons. The Morgan fingerprint density at radius 1 is 1.11 bits per heavy atom. The van der Waals surface area contributed by atoms with E-state index >= 15 is 0 Å². The monoisotopic (exact) mass is 391 g/mol. The number of rotatable bonds is 8. The highest BCUT2D eigenvalue weighted by atomic mass is 32.2. The Morgan fingerprint density at radius 3 is 2.30 bits per heavy atom. The van der Waals surface area contributed by atoms with Crippen molar-refractivity contribution in [2.75, 3.05) is 31.0 Å². The summed E-state index contributed by atoms with van der Waals surface area (Å²) in [4.78, 5) is 18.5. The predicted octanol–water partition coefficient (Wildman–Crippen LogP) is 2.46. The first kappa shape index (κ1) is 20.7. The van der Waals surface area contributed by atoms with Crippen molar-refractivity contribution in [1.82, 2.24) is 9.88 Å². The van der Waals surface area contributed by atoms with Gasteiger partial charge in [0.1, 0.15) is 6.54 Å². The molecule has 27 heavy (non-hydrogen) atoms. The lowest BCUT2D eigenvalue weighted by Gasteiger charge is -2.27. The van der Waals surface area contributed by atoms with Crippen molar-refractivity contribution in [3.05, 3.63) is 48.2 Å². The minimum atomic E-state index is -3.94. The number of benzene rings is 1. The predicted molar refractivity (Wildman–Crippen MR) is 104 cm³/mol. The Bertz CT molecular complexity index is 878. The van der Waals surface area contributed by atoms with E-state index in [0.717, 1.165) is 4.31 Å². The number of likely N-dealkylation sites (N-methyl/N-ethyl adjacent to an activating group) is 1. The molecule has 0 aliphatic rings. The number of hydrogen-bond acceptors (Lipinski definition) is 5. The Morgan fingerprint density at radius 2 is 1.78 bits per heavy atom. The number of hydrogen-bond donors (Lipinski definition) is 0. The zero-order valence-electron chi connectivity index (χ0n) is 16.0. The van der Waals surface area contributed by atoms with E-state index in [0.29, 0.717) is 30.2 Å². The number of aryl methyl sites for hydroxylation is 1. The summed E-state index contributed by atoms with van der Waals surface area (Å²) >= 11 is 0. The van der Waals surface area contributed by atoms with Crippen LogP contribution in [0.1, 0.15) is 19.4 Å². The standard InChI is InChI=1S/C19H25N3O4S/c1-5-21(6-2)19(23)14-22(16-11-12-18(26-4)20-13-16)27(24,25)17-10-8-7-9-15(17)3/h7-13H,5-6,14H2,1-4H3. The van der Waals surface area contributed by atoms with E-state index in [1.165, 1.54) is 19.4 Å². The van der Waals surface area contributed by atoms with Crippen LogP contribution in [0.5, 0.6) is 5.88 Å². The first-order valence-corrected chi connectivity index (χ1v) is 10.1. The minimum absolute atomic E-state index is 0.160. The molecule has 8 heteroatoms. The first-order valence-electron chi connectivity index (χ1n) is 8.71. The van der Waals surface area contributed by atoms with Crippen molar-refractivity contribution in [1.29, 1.82) is 0 Å². The second-order valence-electron chi connectivity index (χ2n) is 5.90. The molecule has 1 amide bonds. The van der Waals surface area contributed by atoms with Crippen molar-refractivity contribution < 1.29 is 17.9 Å². The molecule has 0 saturated heterocycles. The van der Waals surface area contributed by atoms with E-state index in [9.17, 15) is 13.2 Å². The summed E-state index contributed by atoms with van der Waals surface area (Å²) in [5.41, 5.74) is 0.916. The molecule has 0 radical (unpaired) electrons. The Labute approximate surface area is 160 Å². The molecule has 0 fully saturated rings. The van der Waals surface area contributed by atoms with Gasteiger partial charge in [0.15, 0.2) is 0 Å². The molecule has 1 aromatic heterocycles. The highest BCUT2D eigenvalue weighted by Gasteiger charge is 2.29. The molecule has 0 aliphatic heterocycles. The quantitative estimate of drug-likeness (QED) is 0.691. The van der Waals surface area contributed by atoms with Crippen molar-refractivity contribution >= 4 is 21.6 Å². The lowest BCUT2D eigenvalue weighted by molar-refractivity contribution is -0.129. The van der Waals surface area contributed by atoms with Gasteiger partial charge in [-0.2, -0.15) is 0 Å². The zero-order chi connectivity index (χ0) is 20.0. The Balaban J connectivity index is 2.51. The summed E-state index contributed by atoms with van der Waals surface area (Å²) in [6.07, 6.45) is 1.39. The van der Waals surface area contributed by atoms with Crippen molar-refractivity contribution in [2.45, 2.75) is 25.7 Å². The third-order valence-corrected chi connectivity index (χ3v) is 6.21. The number of amides is 1. The smallest absolute Gasteiger partial charge is 0.265 e. The van der Waals surface area contributed by atoms with Gasteiger partial charge in [-0.05, 0) is 38.5 Å². The lowest BCUT2D eigenvalue weighted by atomic mass is 10.2. The number of carbonyl (C=O) groups is 1. The molecular formula is C19H25N3O4S. The van der Waals surface area contributed by atoms with Gasteiger partial charge in [-0.15, -0.1) is 0 Å².